The van der Waals surface area contributed by atoms with Crippen molar-refractivity contribution in [3.63, 3.8) is 0 Å². The van der Waals surface area contributed by atoms with Gasteiger partial charge in [0, 0.05) is 18.2 Å². The second-order valence-electron chi connectivity index (χ2n) is 5.64. The minimum Gasteiger partial charge on any atom is -0.497 e. The van der Waals surface area contributed by atoms with Gasteiger partial charge in [0.2, 0.25) is 5.91 Å². The topological polar surface area (TPSA) is 132 Å². The van der Waals surface area contributed by atoms with E-state index in [4.69, 9.17) is 21.7 Å². The molecular formula is C19H18N4O6S. The van der Waals surface area contributed by atoms with E-state index < -0.39 is 16.7 Å². The highest BCUT2D eigenvalue weighted by Crippen LogP contribution is 2.17. The van der Waals surface area contributed by atoms with Crippen LogP contribution in [0.4, 0.5) is 5.69 Å². The van der Waals surface area contributed by atoms with Gasteiger partial charge in [-0.1, -0.05) is 12.1 Å². The summed E-state index contributed by atoms with van der Waals surface area (Å²) in [5, 5.41) is 12.8. The predicted molar refractivity (Wildman–Crippen MR) is 113 cm³/mol. The molecule has 3 N–H and O–H groups in total. The molecule has 0 aliphatic rings. The van der Waals surface area contributed by atoms with E-state index in [-0.39, 0.29) is 23.2 Å². The molecule has 2 aromatic rings. The summed E-state index contributed by atoms with van der Waals surface area (Å²) < 4.78 is 10.2. The van der Waals surface area contributed by atoms with Crippen molar-refractivity contribution < 1.29 is 24.0 Å². The van der Waals surface area contributed by atoms with Crippen molar-refractivity contribution in [2.45, 2.75) is 0 Å². The Balaban J connectivity index is 1.69. The first kappa shape index (κ1) is 22.3. The van der Waals surface area contributed by atoms with E-state index >= 15 is 0 Å². The quantitative estimate of drug-likeness (QED) is 0.262. The molecule has 156 valence electrons. The largest absolute Gasteiger partial charge is 0.497 e. The van der Waals surface area contributed by atoms with Crippen LogP contribution in [0.1, 0.15) is 5.56 Å². The van der Waals surface area contributed by atoms with Crippen molar-refractivity contribution >= 4 is 40.9 Å². The minimum absolute atomic E-state index is 0.0874. The number of carbonyl (C=O) groups excluding carboxylic acids is 2. The summed E-state index contributed by atoms with van der Waals surface area (Å²) in [4.78, 5) is 33.6. The molecule has 0 heterocycles. The molecule has 11 heteroatoms. The third-order valence-electron chi connectivity index (χ3n) is 3.51. The average Bonchev–Trinajstić information content (AvgIpc) is 2.75. The zero-order valence-electron chi connectivity index (χ0n) is 15.8. The Morgan fingerprint density at radius 1 is 1.07 bits per heavy atom. The molecule has 0 fully saturated rings. The molecule has 2 aromatic carbocycles. The monoisotopic (exact) mass is 430 g/mol. The third-order valence-corrected chi connectivity index (χ3v) is 3.72. The van der Waals surface area contributed by atoms with E-state index in [1.165, 1.54) is 30.3 Å². The second-order valence-corrected chi connectivity index (χ2v) is 6.05. The maximum atomic E-state index is 11.8. The number of carbonyl (C=O) groups is 2. The van der Waals surface area contributed by atoms with Crippen molar-refractivity contribution in [3.05, 3.63) is 70.3 Å². The number of benzene rings is 2. The van der Waals surface area contributed by atoms with Gasteiger partial charge in [0.1, 0.15) is 11.5 Å². The smallest absolute Gasteiger partial charge is 0.276 e. The van der Waals surface area contributed by atoms with Gasteiger partial charge in [0.25, 0.3) is 11.6 Å². The van der Waals surface area contributed by atoms with Crippen LogP contribution in [0.2, 0.25) is 0 Å². The lowest BCUT2D eigenvalue weighted by Gasteiger charge is -2.10. The zero-order chi connectivity index (χ0) is 21.9. The highest BCUT2D eigenvalue weighted by atomic mass is 32.1. The standard InChI is InChI=1S/C19H18N4O6S/c1-28-15-7-2-13(3-8-15)4-11-17(24)20-19(30)22-21-18(25)12-29-16-9-5-14(6-10-16)23(26)27/h2-11H,12H2,1H3,(H,21,25)(H2,20,22,24,30)/b11-4+. The molecule has 0 atom stereocenters. The van der Waals surface area contributed by atoms with Crippen LogP contribution in [0, 0.1) is 10.1 Å². The molecule has 0 saturated carbocycles. The van der Waals surface area contributed by atoms with Crippen molar-refractivity contribution in [3.8, 4) is 11.5 Å². The van der Waals surface area contributed by atoms with Crippen molar-refractivity contribution in [2.75, 3.05) is 13.7 Å². The van der Waals surface area contributed by atoms with Crippen LogP contribution >= 0.6 is 12.2 Å². The lowest BCUT2D eigenvalue weighted by atomic mass is 10.2. The summed E-state index contributed by atoms with van der Waals surface area (Å²) in [6, 6.07) is 12.4. The van der Waals surface area contributed by atoms with Crippen LogP contribution in [0.3, 0.4) is 0 Å². The van der Waals surface area contributed by atoms with Gasteiger partial charge in [-0.15, -0.1) is 0 Å². The van der Waals surface area contributed by atoms with Gasteiger partial charge in [-0.3, -0.25) is 35.9 Å². The lowest BCUT2D eigenvalue weighted by molar-refractivity contribution is -0.384. The molecule has 0 aromatic heterocycles. The Morgan fingerprint density at radius 3 is 2.30 bits per heavy atom. The number of hydrogen-bond acceptors (Lipinski definition) is 7. The fourth-order valence-corrected chi connectivity index (χ4v) is 2.20. The number of amides is 2. The molecule has 2 amide bonds. The number of thiocarbonyl (C=S) groups is 1. The van der Waals surface area contributed by atoms with Crippen molar-refractivity contribution in [1.82, 2.24) is 16.2 Å². The average molecular weight is 430 g/mol. The maximum Gasteiger partial charge on any atom is 0.276 e. The molecule has 2 rings (SSSR count). The Bertz CT molecular complexity index is 945. The molecule has 0 aliphatic heterocycles. The van der Waals surface area contributed by atoms with E-state index in [0.29, 0.717) is 5.75 Å². The minimum atomic E-state index is -0.571. The summed E-state index contributed by atoms with van der Waals surface area (Å²) >= 11 is 4.92. The first-order valence-electron chi connectivity index (χ1n) is 8.46. The Kier molecular flexibility index (Phi) is 8.27. The Morgan fingerprint density at radius 2 is 1.70 bits per heavy atom. The van der Waals surface area contributed by atoms with Gasteiger partial charge < -0.3 is 9.47 Å². The molecular weight excluding hydrogens is 412 g/mol. The number of hydrazine groups is 1. The summed E-state index contributed by atoms with van der Waals surface area (Å²) in [5.41, 5.74) is 5.33. The van der Waals surface area contributed by atoms with Crippen LogP contribution in [0.5, 0.6) is 11.5 Å². The SMILES string of the molecule is COc1ccc(/C=C/C(=O)NC(=S)NNC(=O)COc2ccc([N+](=O)[O-])cc2)cc1. The van der Waals surface area contributed by atoms with E-state index in [2.05, 4.69) is 16.2 Å². The number of ether oxygens (including phenoxy) is 2. The van der Waals surface area contributed by atoms with Gasteiger partial charge >= 0.3 is 0 Å². The van der Waals surface area contributed by atoms with Gasteiger partial charge in [0.05, 0.1) is 12.0 Å². The fourth-order valence-electron chi connectivity index (χ4n) is 2.05. The normalized spacial score (nSPS) is 10.2. The number of nitro benzene ring substituents is 1. The Hall–Kier alpha value is -3.99. The second kappa shape index (κ2) is 11.1. The van der Waals surface area contributed by atoms with E-state index in [1.807, 2.05) is 0 Å². The Labute approximate surface area is 177 Å². The lowest BCUT2D eigenvalue weighted by Crippen LogP contribution is -2.49. The number of nitrogens with zero attached hydrogens (tertiary/aromatic N) is 1. The number of nitro groups is 1. The molecule has 0 unspecified atom stereocenters. The van der Waals surface area contributed by atoms with Crippen LogP contribution in [-0.4, -0.2) is 35.6 Å². The zero-order valence-corrected chi connectivity index (χ0v) is 16.6. The van der Waals surface area contributed by atoms with Crippen LogP contribution in [-0.2, 0) is 9.59 Å². The summed E-state index contributed by atoms with van der Waals surface area (Å²) in [6.45, 7) is -0.362. The molecule has 0 bridgehead atoms. The molecule has 0 spiro atoms. The van der Waals surface area contributed by atoms with Crippen molar-refractivity contribution in [2.24, 2.45) is 0 Å². The maximum absolute atomic E-state index is 11.8. The first-order chi connectivity index (χ1) is 14.4. The fraction of sp³-hybridized carbons (Fsp3) is 0.105. The number of nitrogens with one attached hydrogen (secondary N) is 3. The van der Waals surface area contributed by atoms with Crippen LogP contribution in [0.15, 0.2) is 54.6 Å². The van der Waals surface area contributed by atoms with E-state index in [9.17, 15) is 19.7 Å². The molecule has 10 nitrogen and oxygen atoms in total. The van der Waals surface area contributed by atoms with Gasteiger partial charge in [-0.2, -0.15) is 0 Å². The predicted octanol–water partition coefficient (Wildman–Crippen LogP) is 1.72. The highest BCUT2D eigenvalue weighted by molar-refractivity contribution is 7.80. The number of rotatable bonds is 7. The van der Waals surface area contributed by atoms with Crippen molar-refractivity contribution in [1.29, 1.82) is 0 Å². The summed E-state index contributed by atoms with van der Waals surface area (Å²) in [7, 11) is 1.56. The molecule has 0 radical (unpaired) electrons. The van der Waals surface area contributed by atoms with Crippen LogP contribution in [0.25, 0.3) is 6.08 Å². The highest BCUT2D eigenvalue weighted by Gasteiger charge is 2.07. The van der Waals surface area contributed by atoms with E-state index in [0.717, 1.165) is 5.56 Å². The van der Waals surface area contributed by atoms with Gasteiger partial charge in [-0.25, -0.2) is 0 Å². The number of hydrogen-bond donors (Lipinski definition) is 3. The molecule has 30 heavy (non-hydrogen) atoms. The summed E-state index contributed by atoms with van der Waals surface area (Å²) in [5.74, 6) is -0.0657. The first-order valence-corrected chi connectivity index (χ1v) is 8.87. The van der Waals surface area contributed by atoms with Crippen LogP contribution < -0.4 is 25.6 Å². The van der Waals surface area contributed by atoms with Gasteiger partial charge in [0.15, 0.2) is 11.7 Å². The molecule has 0 aliphatic carbocycles. The third kappa shape index (κ3) is 7.56. The number of non-ortho nitro benzene ring substituents is 1. The summed E-state index contributed by atoms with van der Waals surface area (Å²) in [6.07, 6.45) is 2.88. The number of methoxy groups -OCH3 is 1. The molecule has 0 saturated heterocycles. The van der Waals surface area contributed by atoms with Gasteiger partial charge in [-0.05, 0) is 48.1 Å². The van der Waals surface area contributed by atoms with E-state index in [1.54, 1.807) is 37.5 Å².